The molecule has 0 amide bonds. The molecule has 1 N–H and O–H groups in total. The van der Waals surface area contributed by atoms with Crippen molar-refractivity contribution in [2.45, 2.75) is 119 Å². The molecule has 31 heavy (non-hydrogen) atoms. The molecule has 0 aliphatic rings. The van der Waals surface area contributed by atoms with Crippen molar-refractivity contribution >= 4 is 11.6 Å². The van der Waals surface area contributed by atoms with Crippen LogP contribution in [0.15, 0.2) is 11.0 Å². The number of imidazole rings is 1. The zero-order valence-electron chi connectivity index (χ0n) is 20.6. The third kappa shape index (κ3) is 9.88. The quantitative estimate of drug-likeness (QED) is 0.372. The van der Waals surface area contributed by atoms with Crippen LogP contribution in [0, 0.1) is 10.8 Å². The van der Waals surface area contributed by atoms with E-state index in [0.717, 1.165) is 12.8 Å². The van der Waals surface area contributed by atoms with Crippen LogP contribution in [0.25, 0.3) is 0 Å². The summed E-state index contributed by atoms with van der Waals surface area (Å²) in [4.78, 5) is 36.7. The SMILES string of the molecule is CCCCC(C)(C)CCC(=O)CCC(=O)CCC(C)(C)CCn1c(O)cn(CC)c1=O. The highest BCUT2D eigenvalue weighted by Crippen LogP contribution is 2.30. The molecule has 178 valence electrons. The molecule has 0 aromatic carbocycles. The zero-order chi connectivity index (χ0) is 23.7. The molecule has 0 atom stereocenters. The number of hydrogen-bond donors (Lipinski definition) is 1. The van der Waals surface area contributed by atoms with E-state index in [4.69, 9.17) is 0 Å². The number of aromatic nitrogens is 2. The van der Waals surface area contributed by atoms with Crippen molar-refractivity contribution < 1.29 is 14.7 Å². The van der Waals surface area contributed by atoms with E-state index < -0.39 is 0 Å². The number of ketones is 2. The molecule has 0 aliphatic carbocycles. The molecule has 6 nitrogen and oxygen atoms in total. The van der Waals surface area contributed by atoms with Crippen LogP contribution >= 0.6 is 0 Å². The number of unbranched alkanes of at least 4 members (excludes halogenated alkanes) is 1. The Hall–Kier alpha value is -1.85. The number of nitrogens with zero attached hydrogens (tertiary/aromatic N) is 2. The Morgan fingerprint density at radius 2 is 1.39 bits per heavy atom. The monoisotopic (exact) mass is 436 g/mol. The van der Waals surface area contributed by atoms with E-state index in [1.165, 1.54) is 28.2 Å². The largest absolute Gasteiger partial charge is 0.493 e. The van der Waals surface area contributed by atoms with Crippen LogP contribution in [0.1, 0.15) is 106 Å². The lowest BCUT2D eigenvalue weighted by atomic mass is 9.81. The van der Waals surface area contributed by atoms with Gasteiger partial charge in [0.1, 0.15) is 11.6 Å². The summed E-state index contributed by atoms with van der Waals surface area (Å²) < 4.78 is 2.86. The van der Waals surface area contributed by atoms with Gasteiger partial charge in [0.05, 0.1) is 6.20 Å². The van der Waals surface area contributed by atoms with Crippen molar-refractivity contribution in [1.82, 2.24) is 9.13 Å². The third-order valence-electron chi connectivity index (χ3n) is 6.43. The van der Waals surface area contributed by atoms with Gasteiger partial charge < -0.3 is 5.11 Å². The summed E-state index contributed by atoms with van der Waals surface area (Å²) in [5.41, 5.74) is -0.152. The number of aryl methyl sites for hydroxylation is 1. The Labute approximate surface area is 188 Å². The first-order valence-electron chi connectivity index (χ1n) is 11.9. The maximum Gasteiger partial charge on any atom is 0.331 e. The van der Waals surface area contributed by atoms with Gasteiger partial charge in [-0.1, -0.05) is 47.5 Å². The molecule has 1 aromatic rings. The van der Waals surface area contributed by atoms with Crippen molar-refractivity contribution in [3.05, 3.63) is 16.7 Å². The number of aromatic hydroxyl groups is 1. The number of carbonyl (C=O) groups is 2. The lowest BCUT2D eigenvalue weighted by molar-refractivity contribution is -0.124. The van der Waals surface area contributed by atoms with E-state index >= 15 is 0 Å². The first kappa shape index (κ1) is 27.2. The van der Waals surface area contributed by atoms with Crippen LogP contribution in [0.2, 0.25) is 0 Å². The van der Waals surface area contributed by atoms with Gasteiger partial charge in [-0.25, -0.2) is 4.79 Å². The van der Waals surface area contributed by atoms with E-state index in [-0.39, 0.29) is 34.0 Å². The van der Waals surface area contributed by atoms with Gasteiger partial charge in [-0.2, -0.15) is 0 Å². The standard InChI is InChI=1S/C25H44N2O4/c1-7-9-14-24(3,4)15-12-20(28)10-11-21(29)13-16-25(5,6)17-18-27-22(30)19-26(8-2)23(27)31/h19,30H,7-18H2,1-6H3. The van der Waals surface area contributed by atoms with E-state index in [1.807, 2.05) is 6.92 Å². The molecule has 0 saturated carbocycles. The minimum Gasteiger partial charge on any atom is -0.493 e. The predicted molar refractivity (Wildman–Crippen MR) is 125 cm³/mol. The van der Waals surface area contributed by atoms with Crippen LogP contribution < -0.4 is 5.69 Å². The van der Waals surface area contributed by atoms with Gasteiger partial charge in [0.25, 0.3) is 0 Å². The van der Waals surface area contributed by atoms with E-state index in [2.05, 4.69) is 34.6 Å². The molecule has 0 radical (unpaired) electrons. The summed E-state index contributed by atoms with van der Waals surface area (Å²) in [6, 6.07) is 0. The normalized spacial score (nSPS) is 12.3. The van der Waals surface area contributed by atoms with Crippen LogP contribution in [-0.4, -0.2) is 25.8 Å². The smallest absolute Gasteiger partial charge is 0.331 e. The van der Waals surface area contributed by atoms with Crippen LogP contribution in [-0.2, 0) is 22.7 Å². The van der Waals surface area contributed by atoms with Gasteiger partial charge in [-0.15, -0.1) is 0 Å². The second kappa shape index (κ2) is 12.3. The van der Waals surface area contributed by atoms with E-state index in [9.17, 15) is 19.5 Å². The molecule has 1 aromatic heterocycles. The van der Waals surface area contributed by atoms with Crippen molar-refractivity contribution in [3.63, 3.8) is 0 Å². The fraction of sp³-hybridized carbons (Fsp3) is 0.800. The fourth-order valence-corrected chi connectivity index (χ4v) is 3.76. The van der Waals surface area contributed by atoms with Crippen molar-refractivity contribution in [2.24, 2.45) is 10.8 Å². The van der Waals surface area contributed by atoms with Crippen LogP contribution in [0.5, 0.6) is 5.88 Å². The van der Waals surface area contributed by atoms with Crippen LogP contribution in [0.3, 0.4) is 0 Å². The molecule has 0 spiro atoms. The topological polar surface area (TPSA) is 81.3 Å². The summed E-state index contributed by atoms with van der Waals surface area (Å²) in [5, 5.41) is 9.97. The lowest BCUT2D eigenvalue weighted by Crippen LogP contribution is -2.26. The molecule has 0 bridgehead atoms. The average Bonchev–Trinajstić information content (AvgIpc) is 2.99. The molecular formula is C25H44N2O4. The molecule has 1 heterocycles. The zero-order valence-corrected chi connectivity index (χ0v) is 20.6. The number of carbonyl (C=O) groups excluding carboxylic acids is 2. The van der Waals surface area contributed by atoms with Crippen molar-refractivity contribution in [1.29, 1.82) is 0 Å². The van der Waals surface area contributed by atoms with E-state index in [1.54, 1.807) is 0 Å². The van der Waals surface area contributed by atoms with Crippen LogP contribution in [0.4, 0.5) is 0 Å². The molecule has 0 fully saturated rings. The lowest BCUT2D eigenvalue weighted by Gasteiger charge is -2.24. The molecule has 0 unspecified atom stereocenters. The molecule has 0 saturated heterocycles. The minimum absolute atomic E-state index is 0.0184. The highest BCUT2D eigenvalue weighted by molar-refractivity contribution is 5.85. The third-order valence-corrected chi connectivity index (χ3v) is 6.43. The molecule has 1 rings (SSSR count). The summed E-state index contributed by atoms with van der Waals surface area (Å²) in [7, 11) is 0. The van der Waals surface area contributed by atoms with Gasteiger partial charge in [0, 0.05) is 38.8 Å². The van der Waals surface area contributed by atoms with Gasteiger partial charge in [-0.05, 0) is 43.4 Å². The Morgan fingerprint density at radius 3 is 1.84 bits per heavy atom. The molecule has 6 heteroatoms. The second-order valence-corrected chi connectivity index (χ2v) is 10.5. The number of hydrogen-bond acceptors (Lipinski definition) is 4. The Morgan fingerprint density at radius 1 is 0.871 bits per heavy atom. The Balaban J connectivity index is 2.37. The fourth-order valence-electron chi connectivity index (χ4n) is 3.76. The highest BCUT2D eigenvalue weighted by atomic mass is 16.3. The predicted octanol–water partition coefficient (Wildman–Crippen LogP) is 5.49. The van der Waals surface area contributed by atoms with Gasteiger partial charge in [0.2, 0.25) is 5.88 Å². The van der Waals surface area contributed by atoms with Crippen molar-refractivity contribution in [2.75, 3.05) is 0 Å². The van der Waals surface area contributed by atoms with E-state index in [0.29, 0.717) is 51.6 Å². The summed E-state index contributed by atoms with van der Waals surface area (Å²) in [5.74, 6) is 0.298. The Kier molecular flexibility index (Phi) is 10.7. The molecular weight excluding hydrogens is 392 g/mol. The average molecular weight is 437 g/mol. The van der Waals surface area contributed by atoms with Gasteiger partial charge in [0.15, 0.2) is 0 Å². The summed E-state index contributed by atoms with van der Waals surface area (Å²) in [6.07, 6.45) is 8.91. The minimum atomic E-state index is -0.205. The second-order valence-electron chi connectivity index (χ2n) is 10.5. The maximum absolute atomic E-state index is 12.3. The maximum atomic E-state index is 12.3. The van der Waals surface area contributed by atoms with Crippen molar-refractivity contribution in [3.8, 4) is 5.88 Å². The number of Topliss-reactive ketones (excluding diaryl/α,β-unsaturated/α-hetero) is 2. The van der Waals surface area contributed by atoms with Gasteiger partial charge >= 0.3 is 5.69 Å². The Bertz CT molecular complexity index is 771. The first-order valence-corrected chi connectivity index (χ1v) is 11.9. The first-order chi connectivity index (χ1) is 14.4. The summed E-state index contributed by atoms with van der Waals surface area (Å²) in [6.45, 7) is 13.6. The molecule has 0 aliphatic heterocycles. The van der Waals surface area contributed by atoms with Gasteiger partial charge in [-0.3, -0.25) is 18.7 Å². The highest BCUT2D eigenvalue weighted by Gasteiger charge is 2.22. The summed E-state index contributed by atoms with van der Waals surface area (Å²) >= 11 is 0. The number of rotatable bonds is 16.